The van der Waals surface area contributed by atoms with E-state index in [1.54, 1.807) is 0 Å². The number of hydrogen-bond donors (Lipinski definition) is 2. The van der Waals surface area contributed by atoms with Crippen LogP contribution in [0, 0.1) is 0 Å². The van der Waals surface area contributed by atoms with Crippen LogP contribution in [0.15, 0.2) is 0 Å². The fourth-order valence-electron chi connectivity index (χ4n) is 2.95. The summed E-state index contributed by atoms with van der Waals surface area (Å²) in [6.07, 6.45) is 4.22. The van der Waals surface area contributed by atoms with Gasteiger partial charge in [-0.3, -0.25) is 0 Å². The third kappa shape index (κ3) is 2.25. The Hall–Kier alpha value is -0.160. The second-order valence-electron chi connectivity index (χ2n) is 5.46. The zero-order valence-corrected chi connectivity index (χ0v) is 10.2. The molecule has 0 aromatic rings. The van der Waals surface area contributed by atoms with Crippen LogP contribution in [0.25, 0.3) is 0 Å². The third-order valence-corrected chi connectivity index (χ3v) is 4.35. The summed E-state index contributed by atoms with van der Waals surface area (Å²) in [4.78, 5) is 2.28. The fraction of sp³-hybridized carbons (Fsp3) is 1.00. The first-order valence-electron chi connectivity index (χ1n) is 6.33. The molecular formula is C12H24N2O2. The van der Waals surface area contributed by atoms with Gasteiger partial charge in [0.25, 0.3) is 0 Å². The van der Waals surface area contributed by atoms with Crippen molar-refractivity contribution in [3.8, 4) is 0 Å². The fourth-order valence-corrected chi connectivity index (χ4v) is 2.95. The average molecular weight is 228 g/mol. The van der Waals surface area contributed by atoms with Gasteiger partial charge in [-0.05, 0) is 45.7 Å². The van der Waals surface area contributed by atoms with Crippen LogP contribution in [0.1, 0.15) is 32.1 Å². The monoisotopic (exact) mass is 228 g/mol. The Morgan fingerprint density at radius 3 is 2.50 bits per heavy atom. The Morgan fingerprint density at radius 1 is 1.12 bits per heavy atom. The van der Waals surface area contributed by atoms with Gasteiger partial charge in [0, 0.05) is 25.3 Å². The smallest absolute Gasteiger partial charge is 0.0840 e. The minimum Gasteiger partial charge on any atom is -0.388 e. The predicted molar refractivity (Wildman–Crippen MR) is 63.3 cm³/mol. The first kappa shape index (κ1) is 12.3. The van der Waals surface area contributed by atoms with Crippen molar-refractivity contribution in [2.45, 2.75) is 43.2 Å². The summed E-state index contributed by atoms with van der Waals surface area (Å²) in [6, 6.07) is 0. The van der Waals surface area contributed by atoms with Crippen molar-refractivity contribution < 1.29 is 9.84 Å². The van der Waals surface area contributed by atoms with Crippen molar-refractivity contribution in [2.24, 2.45) is 5.73 Å². The van der Waals surface area contributed by atoms with Crippen LogP contribution < -0.4 is 5.73 Å². The highest BCUT2D eigenvalue weighted by atomic mass is 16.5. The number of ether oxygens (including phenoxy) is 1. The van der Waals surface area contributed by atoms with Crippen LogP contribution in [-0.4, -0.2) is 54.5 Å². The average Bonchev–Trinajstić information content (AvgIpc) is 2.43. The highest BCUT2D eigenvalue weighted by Crippen LogP contribution is 2.37. The predicted octanol–water partition coefficient (Wildman–Crippen LogP) is 0.341. The van der Waals surface area contributed by atoms with E-state index in [2.05, 4.69) is 11.9 Å². The number of nitrogens with two attached hydrogens (primary N) is 1. The molecule has 0 amide bonds. The minimum absolute atomic E-state index is 0.434. The van der Waals surface area contributed by atoms with Gasteiger partial charge in [0.2, 0.25) is 0 Å². The SMILES string of the molecule is CN1CCCC(O)(C2(N)CCOCC2)CC1. The molecular weight excluding hydrogens is 204 g/mol. The lowest BCUT2D eigenvalue weighted by molar-refractivity contribution is -0.0904. The zero-order chi connectivity index (χ0) is 11.6. The molecule has 2 rings (SSSR count). The van der Waals surface area contributed by atoms with E-state index >= 15 is 0 Å². The Morgan fingerprint density at radius 2 is 1.81 bits per heavy atom. The van der Waals surface area contributed by atoms with Crippen LogP contribution in [-0.2, 0) is 4.74 Å². The van der Waals surface area contributed by atoms with Crippen LogP contribution in [0.2, 0.25) is 0 Å². The molecule has 2 fully saturated rings. The molecule has 2 aliphatic heterocycles. The summed E-state index contributed by atoms with van der Waals surface area (Å²) in [5, 5.41) is 10.8. The highest BCUT2D eigenvalue weighted by molar-refractivity contribution is 5.05. The maximum absolute atomic E-state index is 10.8. The van der Waals surface area contributed by atoms with Gasteiger partial charge in [0.1, 0.15) is 0 Å². The lowest BCUT2D eigenvalue weighted by Gasteiger charge is -2.46. The molecule has 0 saturated carbocycles. The molecule has 16 heavy (non-hydrogen) atoms. The van der Waals surface area contributed by atoms with Crippen LogP contribution in [0.5, 0.6) is 0 Å². The van der Waals surface area contributed by atoms with Gasteiger partial charge >= 0.3 is 0 Å². The van der Waals surface area contributed by atoms with E-state index in [0.29, 0.717) is 13.2 Å². The van der Waals surface area contributed by atoms with Gasteiger partial charge in [-0.15, -0.1) is 0 Å². The molecule has 1 unspecified atom stereocenters. The lowest BCUT2D eigenvalue weighted by atomic mass is 9.71. The minimum atomic E-state index is -0.693. The van der Waals surface area contributed by atoms with Crippen LogP contribution >= 0.6 is 0 Å². The van der Waals surface area contributed by atoms with Crippen molar-refractivity contribution in [1.82, 2.24) is 4.90 Å². The van der Waals surface area contributed by atoms with E-state index in [0.717, 1.165) is 45.2 Å². The number of nitrogens with zero attached hydrogens (tertiary/aromatic N) is 1. The normalized spacial score (nSPS) is 36.9. The second-order valence-corrected chi connectivity index (χ2v) is 5.46. The van der Waals surface area contributed by atoms with Gasteiger partial charge in [0.05, 0.1) is 5.60 Å². The Kier molecular flexibility index (Phi) is 3.54. The molecule has 0 radical (unpaired) electrons. The molecule has 0 aromatic carbocycles. The molecule has 3 N–H and O–H groups in total. The number of hydrogen-bond acceptors (Lipinski definition) is 4. The molecule has 2 aliphatic rings. The van der Waals surface area contributed by atoms with Gasteiger partial charge in [-0.1, -0.05) is 0 Å². The van der Waals surface area contributed by atoms with Crippen molar-refractivity contribution in [3.05, 3.63) is 0 Å². The van der Waals surface area contributed by atoms with Gasteiger partial charge in [-0.2, -0.15) is 0 Å². The highest BCUT2D eigenvalue weighted by Gasteiger charge is 2.48. The molecule has 0 aliphatic carbocycles. The van der Waals surface area contributed by atoms with Gasteiger partial charge < -0.3 is 20.5 Å². The maximum atomic E-state index is 10.8. The van der Waals surface area contributed by atoms with Crippen molar-refractivity contribution >= 4 is 0 Å². The van der Waals surface area contributed by atoms with E-state index in [-0.39, 0.29) is 0 Å². The molecule has 0 bridgehead atoms. The molecule has 0 spiro atoms. The van der Waals surface area contributed by atoms with E-state index in [4.69, 9.17) is 10.5 Å². The molecule has 2 heterocycles. The molecule has 94 valence electrons. The van der Waals surface area contributed by atoms with E-state index in [1.807, 2.05) is 0 Å². The van der Waals surface area contributed by atoms with Crippen LogP contribution in [0.3, 0.4) is 0 Å². The Labute approximate surface area is 97.7 Å². The summed E-state index contributed by atoms with van der Waals surface area (Å²) in [6.45, 7) is 3.38. The van der Waals surface area contributed by atoms with E-state index < -0.39 is 11.1 Å². The lowest BCUT2D eigenvalue weighted by Crippen LogP contribution is -2.63. The summed E-state index contributed by atoms with van der Waals surface area (Å²) >= 11 is 0. The molecule has 4 heteroatoms. The molecule has 1 atom stereocenters. The third-order valence-electron chi connectivity index (χ3n) is 4.35. The first-order chi connectivity index (χ1) is 7.56. The molecule has 4 nitrogen and oxygen atoms in total. The Balaban J connectivity index is 2.09. The van der Waals surface area contributed by atoms with Gasteiger partial charge in [-0.25, -0.2) is 0 Å². The zero-order valence-electron chi connectivity index (χ0n) is 10.2. The molecule has 2 saturated heterocycles. The summed E-state index contributed by atoms with van der Waals surface area (Å²) in [7, 11) is 2.11. The summed E-state index contributed by atoms with van der Waals surface area (Å²) in [5.41, 5.74) is 5.31. The molecule has 0 aromatic heterocycles. The first-order valence-corrected chi connectivity index (χ1v) is 6.33. The van der Waals surface area contributed by atoms with E-state index in [1.165, 1.54) is 0 Å². The largest absolute Gasteiger partial charge is 0.388 e. The second kappa shape index (κ2) is 4.61. The van der Waals surface area contributed by atoms with Crippen LogP contribution in [0.4, 0.5) is 0 Å². The van der Waals surface area contributed by atoms with Gasteiger partial charge in [0.15, 0.2) is 0 Å². The number of aliphatic hydroxyl groups is 1. The topological polar surface area (TPSA) is 58.7 Å². The summed E-state index contributed by atoms with van der Waals surface area (Å²) in [5.74, 6) is 0. The van der Waals surface area contributed by atoms with Crippen molar-refractivity contribution in [3.63, 3.8) is 0 Å². The number of likely N-dealkylation sites (tertiary alicyclic amines) is 1. The Bertz CT molecular complexity index is 241. The van der Waals surface area contributed by atoms with Crippen molar-refractivity contribution in [1.29, 1.82) is 0 Å². The standard InChI is InChI=1S/C12H24N2O2/c1-14-7-2-3-12(15,4-8-14)11(13)5-9-16-10-6-11/h15H,2-10,13H2,1H3. The van der Waals surface area contributed by atoms with E-state index in [9.17, 15) is 5.11 Å². The summed E-state index contributed by atoms with van der Waals surface area (Å²) < 4.78 is 5.35. The quantitative estimate of drug-likeness (QED) is 0.679. The maximum Gasteiger partial charge on any atom is 0.0840 e. The number of rotatable bonds is 1. The van der Waals surface area contributed by atoms with Crippen molar-refractivity contribution in [2.75, 3.05) is 33.4 Å².